The number of nitrogens with one attached hydrogen (secondary N) is 1. The van der Waals surface area contributed by atoms with Crippen LogP contribution < -0.4 is 5.32 Å². The molecule has 0 saturated carbocycles. The van der Waals surface area contributed by atoms with Gasteiger partial charge in [0.25, 0.3) is 5.22 Å². The molecule has 0 aliphatic carbocycles. The van der Waals surface area contributed by atoms with Crippen LogP contribution >= 0.6 is 11.8 Å². The molecule has 1 aromatic heterocycles. The minimum Gasteiger partial charge on any atom is -0.411 e. The Bertz CT molecular complexity index is 692. The highest BCUT2D eigenvalue weighted by Gasteiger charge is 2.19. The van der Waals surface area contributed by atoms with E-state index in [1.807, 2.05) is 12.1 Å². The van der Waals surface area contributed by atoms with Crippen LogP contribution in [0, 0.1) is 0 Å². The fraction of sp³-hybridized carbons (Fsp3) is 0.500. The molecule has 0 bridgehead atoms. The molecule has 1 atom stereocenters. The topological polar surface area (TPSA) is 77.2 Å². The zero-order valence-corrected chi connectivity index (χ0v) is 16.1. The molecule has 6 nitrogen and oxygen atoms in total. The maximum atomic E-state index is 12.0. The number of methoxy groups -OCH3 is 1. The monoisotopic (exact) mass is 363 g/mol. The molecule has 2 aromatic rings. The first-order valence-corrected chi connectivity index (χ1v) is 9.07. The average Bonchev–Trinajstić information content (AvgIpc) is 3.02. The molecule has 0 aliphatic rings. The molecule has 0 fully saturated rings. The number of hydrogen-bond acceptors (Lipinski definition) is 6. The third kappa shape index (κ3) is 5.57. The Morgan fingerprint density at radius 3 is 2.56 bits per heavy atom. The quantitative estimate of drug-likeness (QED) is 0.601. The van der Waals surface area contributed by atoms with Crippen LogP contribution in [-0.4, -0.2) is 41.6 Å². The van der Waals surface area contributed by atoms with E-state index in [2.05, 4.69) is 48.4 Å². The number of rotatable bonds is 7. The van der Waals surface area contributed by atoms with E-state index in [4.69, 9.17) is 9.15 Å². The second kappa shape index (κ2) is 8.49. The van der Waals surface area contributed by atoms with Crippen molar-refractivity contribution < 1.29 is 13.9 Å². The van der Waals surface area contributed by atoms with Gasteiger partial charge >= 0.3 is 0 Å². The van der Waals surface area contributed by atoms with Crippen molar-refractivity contribution in [2.24, 2.45) is 0 Å². The summed E-state index contributed by atoms with van der Waals surface area (Å²) in [6.45, 7) is 9.27. The summed E-state index contributed by atoms with van der Waals surface area (Å²) >= 11 is 1.24. The van der Waals surface area contributed by atoms with Gasteiger partial charge in [-0.05, 0) is 30.0 Å². The smallest absolute Gasteiger partial charge is 0.277 e. The van der Waals surface area contributed by atoms with Crippen molar-refractivity contribution in [3.05, 3.63) is 29.8 Å². The molecule has 0 radical (unpaired) electrons. The minimum absolute atomic E-state index is 0.0867. The van der Waals surface area contributed by atoms with Crippen LogP contribution in [0.3, 0.4) is 0 Å². The molecule has 1 N–H and O–H groups in total. The molecule has 0 saturated heterocycles. The highest BCUT2D eigenvalue weighted by molar-refractivity contribution is 8.00. The van der Waals surface area contributed by atoms with Gasteiger partial charge in [0.05, 0.1) is 11.9 Å². The molecule has 1 amide bonds. The van der Waals surface area contributed by atoms with Crippen LogP contribution in [0.2, 0.25) is 0 Å². The number of benzene rings is 1. The summed E-state index contributed by atoms with van der Waals surface area (Å²) < 4.78 is 10.6. The molecule has 1 aromatic carbocycles. The van der Waals surface area contributed by atoms with Crippen LogP contribution in [0.25, 0.3) is 11.5 Å². The molecule has 0 unspecified atom stereocenters. The van der Waals surface area contributed by atoms with E-state index in [9.17, 15) is 4.79 Å². The Hall–Kier alpha value is -1.86. The van der Waals surface area contributed by atoms with E-state index in [1.165, 1.54) is 17.3 Å². The van der Waals surface area contributed by atoms with Gasteiger partial charge < -0.3 is 14.5 Å². The third-order valence-electron chi connectivity index (χ3n) is 3.66. The lowest BCUT2D eigenvalue weighted by Gasteiger charge is -2.18. The summed E-state index contributed by atoms with van der Waals surface area (Å²) in [5, 5.41) is 10.9. The molecule has 2 rings (SSSR count). The first kappa shape index (κ1) is 19.5. The number of ether oxygens (including phenoxy) is 1. The summed E-state index contributed by atoms with van der Waals surface area (Å²) in [4.78, 5) is 12.0. The maximum Gasteiger partial charge on any atom is 0.277 e. The van der Waals surface area contributed by atoms with E-state index < -0.39 is 0 Å². The van der Waals surface area contributed by atoms with Crippen LogP contribution in [-0.2, 0) is 14.9 Å². The predicted molar refractivity (Wildman–Crippen MR) is 98.6 cm³/mol. The minimum atomic E-state index is -0.326. The normalized spacial score (nSPS) is 12.8. The van der Waals surface area contributed by atoms with Crippen molar-refractivity contribution in [2.45, 2.75) is 43.6 Å². The highest BCUT2D eigenvalue weighted by atomic mass is 32.2. The largest absolute Gasteiger partial charge is 0.411 e. The summed E-state index contributed by atoms with van der Waals surface area (Å²) in [6.07, 6.45) is 0. The Balaban J connectivity index is 1.99. The summed E-state index contributed by atoms with van der Waals surface area (Å²) in [6, 6.07) is 8.09. The second-order valence-electron chi connectivity index (χ2n) is 6.74. The number of aromatic nitrogens is 2. The lowest BCUT2D eigenvalue weighted by atomic mass is 9.87. The zero-order chi connectivity index (χ0) is 18.4. The molecule has 25 heavy (non-hydrogen) atoms. The number of thioether (sulfide) groups is 1. The van der Waals surface area contributed by atoms with Gasteiger partial charge in [-0.25, -0.2) is 0 Å². The Morgan fingerprint density at radius 1 is 1.28 bits per heavy atom. The van der Waals surface area contributed by atoms with Crippen molar-refractivity contribution in [3.63, 3.8) is 0 Å². The fourth-order valence-corrected chi connectivity index (χ4v) is 2.82. The van der Waals surface area contributed by atoms with E-state index in [0.717, 1.165) is 5.56 Å². The number of hydrogen-bond donors (Lipinski definition) is 1. The van der Waals surface area contributed by atoms with Crippen LogP contribution in [0.5, 0.6) is 0 Å². The summed E-state index contributed by atoms with van der Waals surface area (Å²) in [5.41, 5.74) is 2.20. The van der Waals surface area contributed by atoms with Crippen LogP contribution in [0.4, 0.5) is 0 Å². The van der Waals surface area contributed by atoms with Gasteiger partial charge in [0, 0.05) is 19.2 Å². The third-order valence-corrected chi connectivity index (χ3v) is 4.59. The zero-order valence-electron chi connectivity index (χ0n) is 15.3. The number of carbonyl (C=O) groups is 1. The lowest BCUT2D eigenvalue weighted by Crippen LogP contribution is -2.33. The highest BCUT2D eigenvalue weighted by Crippen LogP contribution is 2.28. The van der Waals surface area contributed by atoms with Gasteiger partial charge in [-0.15, -0.1) is 10.2 Å². The van der Waals surface area contributed by atoms with Gasteiger partial charge in [-0.1, -0.05) is 44.7 Å². The molecule has 1 heterocycles. The summed E-state index contributed by atoms with van der Waals surface area (Å²) in [5.74, 6) is 0.367. The van der Waals surface area contributed by atoms with E-state index in [0.29, 0.717) is 24.3 Å². The molecule has 7 heteroatoms. The maximum absolute atomic E-state index is 12.0. The Labute approximate surface area is 152 Å². The van der Waals surface area contributed by atoms with E-state index in [1.54, 1.807) is 14.0 Å². The van der Waals surface area contributed by atoms with Gasteiger partial charge in [0.2, 0.25) is 11.8 Å². The number of carbonyl (C=O) groups excluding carboxylic acids is 1. The fourth-order valence-electron chi connectivity index (χ4n) is 2.11. The number of nitrogens with zero attached hydrogens (tertiary/aromatic N) is 2. The lowest BCUT2D eigenvalue weighted by molar-refractivity contribution is -0.120. The van der Waals surface area contributed by atoms with Crippen molar-refractivity contribution in [1.82, 2.24) is 15.5 Å². The van der Waals surface area contributed by atoms with Gasteiger partial charge in [0.1, 0.15) is 0 Å². The van der Waals surface area contributed by atoms with Crippen molar-refractivity contribution in [1.29, 1.82) is 0 Å². The molecular formula is C18H25N3O3S. The standard InChI is InChI=1S/C18H25N3O3S/c1-12(15(22)19-10-11-23-5)25-17-21-20-16(24-17)13-6-8-14(9-7-13)18(2,3)4/h6-9,12H,10-11H2,1-5H3,(H,19,22)/t12-/m0/s1. The Morgan fingerprint density at radius 2 is 1.96 bits per heavy atom. The SMILES string of the molecule is COCCNC(=O)[C@H](C)Sc1nnc(-c2ccc(C(C)(C)C)cc2)o1. The second-order valence-corrected chi connectivity index (χ2v) is 8.04. The molecular weight excluding hydrogens is 338 g/mol. The van der Waals surface area contributed by atoms with E-state index in [-0.39, 0.29) is 16.6 Å². The van der Waals surface area contributed by atoms with Gasteiger partial charge in [-0.2, -0.15) is 0 Å². The van der Waals surface area contributed by atoms with Crippen molar-refractivity contribution >= 4 is 17.7 Å². The van der Waals surface area contributed by atoms with Gasteiger partial charge in [0.15, 0.2) is 0 Å². The summed E-state index contributed by atoms with van der Waals surface area (Å²) in [7, 11) is 1.60. The van der Waals surface area contributed by atoms with E-state index >= 15 is 0 Å². The predicted octanol–water partition coefficient (Wildman–Crippen LogP) is 3.28. The van der Waals surface area contributed by atoms with Gasteiger partial charge in [-0.3, -0.25) is 4.79 Å². The van der Waals surface area contributed by atoms with Crippen molar-refractivity contribution in [2.75, 3.05) is 20.3 Å². The van der Waals surface area contributed by atoms with Crippen molar-refractivity contribution in [3.8, 4) is 11.5 Å². The first-order chi connectivity index (χ1) is 11.8. The number of amides is 1. The Kier molecular flexibility index (Phi) is 6.61. The van der Waals surface area contributed by atoms with Crippen LogP contribution in [0.15, 0.2) is 33.9 Å². The molecule has 136 valence electrons. The average molecular weight is 363 g/mol. The molecule has 0 aliphatic heterocycles. The van der Waals surface area contributed by atoms with Crippen LogP contribution in [0.1, 0.15) is 33.3 Å². The molecule has 0 spiro atoms. The first-order valence-electron chi connectivity index (χ1n) is 8.19.